The maximum atomic E-state index is 11.7. The number of thiophene rings is 1. The number of aromatic nitrogens is 1. The van der Waals surface area contributed by atoms with Crippen LogP contribution in [0.15, 0.2) is 36.7 Å². The van der Waals surface area contributed by atoms with Crippen molar-refractivity contribution in [3.8, 4) is 0 Å². The minimum atomic E-state index is -0.713. The zero-order valence-electron chi connectivity index (χ0n) is 10.8. The van der Waals surface area contributed by atoms with E-state index in [0.717, 1.165) is 10.4 Å². The summed E-state index contributed by atoms with van der Waals surface area (Å²) < 4.78 is 0.627. The van der Waals surface area contributed by atoms with Crippen molar-refractivity contribution in [3.63, 3.8) is 0 Å². The molecule has 0 unspecified atom stereocenters. The molecule has 2 N–H and O–H groups in total. The average Bonchev–Trinajstić information content (AvgIpc) is 2.90. The molecule has 0 bridgehead atoms. The van der Waals surface area contributed by atoms with Crippen molar-refractivity contribution < 1.29 is 9.90 Å². The van der Waals surface area contributed by atoms with E-state index in [1.807, 2.05) is 12.1 Å². The van der Waals surface area contributed by atoms with Crippen LogP contribution in [0.25, 0.3) is 0 Å². The highest BCUT2D eigenvalue weighted by Gasteiger charge is 2.11. The Morgan fingerprint density at radius 1 is 1.45 bits per heavy atom. The number of hydrogen-bond acceptors (Lipinski definition) is 4. The van der Waals surface area contributed by atoms with Gasteiger partial charge in [-0.3, -0.25) is 9.78 Å². The largest absolute Gasteiger partial charge is 0.386 e. The van der Waals surface area contributed by atoms with Crippen LogP contribution in [0.5, 0.6) is 0 Å². The van der Waals surface area contributed by atoms with Crippen LogP contribution >= 0.6 is 22.9 Å². The zero-order chi connectivity index (χ0) is 14.4. The summed E-state index contributed by atoms with van der Waals surface area (Å²) in [4.78, 5) is 16.4. The van der Waals surface area contributed by atoms with Gasteiger partial charge in [-0.25, -0.2) is 0 Å². The molecule has 0 radical (unpaired) electrons. The van der Waals surface area contributed by atoms with Gasteiger partial charge in [-0.2, -0.15) is 0 Å². The Balaban J connectivity index is 1.72. The SMILES string of the molecule is O=C(CCc1cccnc1)NC[C@@H](O)c1ccc(Cl)s1. The second-order valence-electron chi connectivity index (χ2n) is 4.32. The Labute approximate surface area is 126 Å². The molecule has 0 aliphatic heterocycles. The monoisotopic (exact) mass is 310 g/mol. The molecule has 0 saturated heterocycles. The third-order valence-corrected chi connectivity index (χ3v) is 4.11. The summed E-state index contributed by atoms with van der Waals surface area (Å²) in [5.74, 6) is -0.0874. The quantitative estimate of drug-likeness (QED) is 0.862. The van der Waals surface area contributed by atoms with Crippen molar-refractivity contribution in [2.24, 2.45) is 0 Å². The Kier molecular flexibility index (Phi) is 5.52. The highest BCUT2D eigenvalue weighted by Crippen LogP contribution is 2.26. The number of rotatable bonds is 6. The van der Waals surface area contributed by atoms with Crippen LogP contribution in [0, 0.1) is 0 Å². The van der Waals surface area contributed by atoms with Gasteiger partial charge in [0.2, 0.25) is 5.91 Å². The fraction of sp³-hybridized carbons (Fsp3) is 0.286. The van der Waals surface area contributed by atoms with Gasteiger partial charge in [-0.15, -0.1) is 11.3 Å². The van der Waals surface area contributed by atoms with Gasteiger partial charge >= 0.3 is 0 Å². The number of aryl methyl sites for hydroxylation is 1. The molecule has 2 rings (SSSR count). The lowest BCUT2D eigenvalue weighted by Crippen LogP contribution is -2.28. The van der Waals surface area contributed by atoms with Crippen LogP contribution in [-0.2, 0) is 11.2 Å². The topological polar surface area (TPSA) is 62.2 Å². The first kappa shape index (κ1) is 15.0. The maximum Gasteiger partial charge on any atom is 0.220 e. The van der Waals surface area contributed by atoms with Gasteiger partial charge < -0.3 is 10.4 Å². The molecule has 1 amide bonds. The van der Waals surface area contributed by atoms with Crippen LogP contribution in [-0.4, -0.2) is 22.5 Å². The molecule has 4 nitrogen and oxygen atoms in total. The third kappa shape index (κ3) is 4.59. The van der Waals surface area contributed by atoms with Crippen molar-refractivity contribution in [1.82, 2.24) is 10.3 Å². The predicted molar refractivity (Wildman–Crippen MR) is 79.9 cm³/mol. The number of nitrogens with one attached hydrogen (secondary N) is 1. The molecule has 20 heavy (non-hydrogen) atoms. The maximum absolute atomic E-state index is 11.7. The van der Waals surface area contributed by atoms with Crippen LogP contribution in [0.1, 0.15) is 23.0 Å². The number of hydrogen-bond donors (Lipinski definition) is 2. The summed E-state index contributed by atoms with van der Waals surface area (Å²) in [6, 6.07) is 7.27. The Morgan fingerprint density at radius 3 is 2.95 bits per heavy atom. The van der Waals surface area contributed by atoms with E-state index in [1.54, 1.807) is 24.5 Å². The summed E-state index contributed by atoms with van der Waals surface area (Å²) in [7, 11) is 0. The highest BCUT2D eigenvalue weighted by molar-refractivity contribution is 7.16. The minimum Gasteiger partial charge on any atom is -0.386 e. The number of amides is 1. The normalized spacial score (nSPS) is 12.1. The highest BCUT2D eigenvalue weighted by atomic mass is 35.5. The van der Waals surface area contributed by atoms with Crippen molar-refractivity contribution >= 4 is 28.8 Å². The standard InChI is InChI=1S/C14H15ClN2O2S/c15-13-5-4-12(20-13)11(18)9-17-14(19)6-3-10-2-1-7-16-8-10/h1-2,4-5,7-8,11,18H,3,6,9H2,(H,17,19)/t11-/m1/s1. The van der Waals surface area contributed by atoms with Gasteiger partial charge in [-0.1, -0.05) is 17.7 Å². The first-order valence-electron chi connectivity index (χ1n) is 6.24. The molecule has 106 valence electrons. The van der Waals surface area contributed by atoms with Gasteiger partial charge in [0.15, 0.2) is 0 Å². The molecule has 0 fully saturated rings. The summed E-state index contributed by atoms with van der Waals surface area (Å²) in [5.41, 5.74) is 1.02. The van der Waals surface area contributed by atoms with Crippen LogP contribution in [0.3, 0.4) is 0 Å². The second kappa shape index (κ2) is 7.38. The molecule has 0 saturated carbocycles. The number of halogens is 1. The number of nitrogens with zero attached hydrogens (tertiary/aromatic N) is 1. The van der Waals surface area contributed by atoms with Crippen molar-refractivity contribution in [2.45, 2.75) is 18.9 Å². The van der Waals surface area contributed by atoms with Gasteiger partial charge in [0.05, 0.1) is 4.34 Å². The van der Waals surface area contributed by atoms with Crippen molar-refractivity contribution in [1.29, 1.82) is 0 Å². The van der Waals surface area contributed by atoms with Crippen LogP contribution in [0.2, 0.25) is 4.34 Å². The average molecular weight is 311 g/mol. The zero-order valence-corrected chi connectivity index (χ0v) is 12.3. The number of carbonyl (C=O) groups is 1. The number of pyridine rings is 1. The lowest BCUT2D eigenvalue weighted by Gasteiger charge is -2.10. The predicted octanol–water partition coefficient (Wildman–Crippen LogP) is 2.58. The Bertz CT molecular complexity index is 559. The molecule has 0 aromatic carbocycles. The van der Waals surface area contributed by atoms with Gasteiger partial charge in [0.25, 0.3) is 0 Å². The number of aliphatic hydroxyl groups excluding tert-OH is 1. The summed E-state index contributed by atoms with van der Waals surface area (Å²) in [6.07, 6.45) is 3.75. The lowest BCUT2D eigenvalue weighted by molar-refractivity contribution is -0.121. The van der Waals surface area contributed by atoms with E-state index in [9.17, 15) is 9.90 Å². The molecule has 0 aliphatic carbocycles. The van der Waals surface area contributed by atoms with Crippen molar-refractivity contribution in [2.75, 3.05) is 6.54 Å². The lowest BCUT2D eigenvalue weighted by atomic mass is 10.1. The number of carbonyl (C=O) groups excluding carboxylic acids is 1. The molecule has 6 heteroatoms. The van der Waals surface area contributed by atoms with Gasteiger partial charge in [-0.05, 0) is 30.2 Å². The smallest absolute Gasteiger partial charge is 0.220 e. The molecule has 2 aromatic heterocycles. The Hall–Kier alpha value is -1.43. The Morgan fingerprint density at radius 2 is 2.30 bits per heavy atom. The first-order valence-corrected chi connectivity index (χ1v) is 7.43. The first-order chi connectivity index (χ1) is 9.65. The molecule has 0 aliphatic rings. The molecule has 2 heterocycles. The van der Waals surface area contributed by atoms with Gasteiger partial charge in [0, 0.05) is 30.2 Å². The minimum absolute atomic E-state index is 0.0874. The third-order valence-electron chi connectivity index (χ3n) is 2.78. The van der Waals surface area contributed by atoms with E-state index in [1.165, 1.54) is 11.3 Å². The fourth-order valence-corrected chi connectivity index (χ4v) is 2.76. The van der Waals surface area contributed by atoms with Gasteiger partial charge in [0.1, 0.15) is 6.10 Å². The van der Waals surface area contributed by atoms with E-state index in [4.69, 9.17) is 11.6 Å². The van der Waals surface area contributed by atoms with E-state index in [0.29, 0.717) is 17.2 Å². The van der Waals surface area contributed by atoms with E-state index in [2.05, 4.69) is 10.3 Å². The number of aliphatic hydroxyl groups is 1. The molecular formula is C14H15ClN2O2S. The summed E-state index contributed by atoms with van der Waals surface area (Å²) >= 11 is 7.11. The second-order valence-corrected chi connectivity index (χ2v) is 6.07. The van der Waals surface area contributed by atoms with Crippen LogP contribution < -0.4 is 5.32 Å². The van der Waals surface area contributed by atoms with Crippen LogP contribution in [0.4, 0.5) is 0 Å². The fourth-order valence-electron chi connectivity index (χ4n) is 1.71. The molecule has 2 aromatic rings. The summed E-state index contributed by atoms with van der Waals surface area (Å²) in [5, 5.41) is 12.6. The molecule has 0 spiro atoms. The molecule has 1 atom stereocenters. The van der Waals surface area contributed by atoms with E-state index < -0.39 is 6.10 Å². The molecular weight excluding hydrogens is 296 g/mol. The van der Waals surface area contributed by atoms with E-state index in [-0.39, 0.29) is 12.5 Å². The van der Waals surface area contributed by atoms with E-state index >= 15 is 0 Å². The summed E-state index contributed by atoms with van der Waals surface area (Å²) in [6.45, 7) is 0.197. The van der Waals surface area contributed by atoms with Crippen molar-refractivity contribution in [3.05, 3.63) is 51.4 Å².